The maximum atomic E-state index is 12.7. The molecule has 156 valence electrons. The normalized spacial score (nSPS) is 10.4. The number of nitrogens with zero attached hydrogens (tertiary/aromatic N) is 1. The molecule has 0 aromatic heterocycles. The lowest BCUT2D eigenvalue weighted by molar-refractivity contribution is 0.0827. The van der Waals surface area contributed by atoms with E-state index in [4.69, 9.17) is 21.1 Å². The number of ether oxygens (including phenoxy) is 2. The van der Waals surface area contributed by atoms with Gasteiger partial charge in [0.1, 0.15) is 0 Å². The molecular formula is C22H27ClN2O4. The Hall–Kier alpha value is -2.73. The predicted molar refractivity (Wildman–Crippen MR) is 115 cm³/mol. The Labute approximate surface area is 176 Å². The van der Waals surface area contributed by atoms with E-state index in [2.05, 4.69) is 12.2 Å². The monoisotopic (exact) mass is 418 g/mol. The molecule has 0 atom stereocenters. The molecule has 6 nitrogen and oxygen atoms in total. The average molecular weight is 419 g/mol. The second-order valence-corrected chi connectivity index (χ2v) is 7.06. The lowest BCUT2D eigenvalue weighted by atomic mass is 10.1. The van der Waals surface area contributed by atoms with Crippen LogP contribution in [-0.2, 0) is 0 Å². The number of carbonyl (C=O) groups is 2. The number of hydrogen-bond donors (Lipinski definition) is 1. The topological polar surface area (TPSA) is 67.9 Å². The van der Waals surface area contributed by atoms with Gasteiger partial charge in [-0.2, -0.15) is 0 Å². The molecule has 0 spiro atoms. The van der Waals surface area contributed by atoms with Gasteiger partial charge in [0.25, 0.3) is 11.8 Å². The Kier molecular flexibility index (Phi) is 8.34. The fraction of sp³-hybridized carbons (Fsp3) is 0.364. The molecule has 0 saturated heterocycles. The Bertz CT molecular complexity index is 851. The summed E-state index contributed by atoms with van der Waals surface area (Å²) in [7, 11) is 3.38. The number of benzene rings is 2. The first kappa shape index (κ1) is 22.6. The number of amides is 2. The van der Waals surface area contributed by atoms with Crippen LogP contribution < -0.4 is 14.8 Å². The van der Waals surface area contributed by atoms with E-state index in [-0.39, 0.29) is 11.8 Å². The summed E-state index contributed by atoms with van der Waals surface area (Å²) in [6.07, 6.45) is 1.90. The van der Waals surface area contributed by atoms with Gasteiger partial charge in [0, 0.05) is 30.9 Å². The van der Waals surface area contributed by atoms with Gasteiger partial charge in [-0.25, -0.2) is 0 Å². The first-order valence-electron chi connectivity index (χ1n) is 9.59. The van der Waals surface area contributed by atoms with Crippen molar-refractivity contribution in [2.45, 2.75) is 26.7 Å². The number of anilines is 1. The minimum absolute atomic E-state index is 0.102. The summed E-state index contributed by atoms with van der Waals surface area (Å²) in [6.45, 7) is 4.88. The van der Waals surface area contributed by atoms with Gasteiger partial charge in [-0.1, -0.05) is 24.9 Å². The Morgan fingerprint density at radius 2 is 1.72 bits per heavy atom. The van der Waals surface area contributed by atoms with Gasteiger partial charge in [0.05, 0.1) is 18.2 Å². The second-order valence-electron chi connectivity index (χ2n) is 6.65. The van der Waals surface area contributed by atoms with Gasteiger partial charge in [-0.3, -0.25) is 9.59 Å². The number of rotatable bonds is 9. The first-order chi connectivity index (χ1) is 13.9. The number of nitrogens with one attached hydrogen (secondary N) is 1. The Balaban J connectivity index is 2.18. The average Bonchev–Trinajstić information content (AvgIpc) is 2.70. The van der Waals surface area contributed by atoms with Crippen LogP contribution in [0.15, 0.2) is 36.4 Å². The zero-order chi connectivity index (χ0) is 21.4. The molecule has 7 heteroatoms. The van der Waals surface area contributed by atoms with E-state index in [1.54, 1.807) is 50.5 Å². The third kappa shape index (κ3) is 6.12. The van der Waals surface area contributed by atoms with Crippen molar-refractivity contribution < 1.29 is 19.1 Å². The Morgan fingerprint density at radius 3 is 2.31 bits per heavy atom. The largest absolute Gasteiger partial charge is 0.490 e. The van der Waals surface area contributed by atoms with E-state index < -0.39 is 0 Å². The highest BCUT2D eigenvalue weighted by molar-refractivity contribution is 6.32. The molecule has 0 saturated carbocycles. The zero-order valence-electron chi connectivity index (χ0n) is 17.3. The van der Waals surface area contributed by atoms with Crippen molar-refractivity contribution in [1.82, 2.24) is 4.90 Å². The third-order valence-electron chi connectivity index (χ3n) is 4.11. The van der Waals surface area contributed by atoms with E-state index in [9.17, 15) is 9.59 Å². The Morgan fingerprint density at radius 1 is 1.03 bits per heavy atom. The van der Waals surface area contributed by atoms with Gasteiger partial charge in [-0.05, 0) is 49.7 Å². The van der Waals surface area contributed by atoms with E-state index in [0.717, 1.165) is 12.8 Å². The first-order valence-corrected chi connectivity index (χ1v) is 9.97. The van der Waals surface area contributed by atoms with Crippen LogP contribution >= 0.6 is 11.6 Å². The predicted octanol–water partition coefficient (Wildman–Crippen LogP) is 4.87. The van der Waals surface area contributed by atoms with Crippen LogP contribution in [0.5, 0.6) is 11.5 Å². The van der Waals surface area contributed by atoms with Crippen molar-refractivity contribution in [1.29, 1.82) is 0 Å². The SMILES string of the molecule is CCCCOc1c(Cl)cc(C(=O)Nc2ccc(C(=O)N(C)C)cc2)cc1OCC. The lowest BCUT2D eigenvalue weighted by Crippen LogP contribution is -2.21. The smallest absolute Gasteiger partial charge is 0.255 e. The van der Waals surface area contributed by atoms with Gasteiger partial charge in [0.2, 0.25) is 0 Å². The van der Waals surface area contributed by atoms with Crippen molar-refractivity contribution in [3.63, 3.8) is 0 Å². The third-order valence-corrected chi connectivity index (χ3v) is 4.39. The van der Waals surface area contributed by atoms with Crippen LogP contribution in [0, 0.1) is 0 Å². The molecule has 0 heterocycles. The summed E-state index contributed by atoms with van der Waals surface area (Å²) in [5.41, 5.74) is 1.47. The summed E-state index contributed by atoms with van der Waals surface area (Å²) in [5.74, 6) is 0.451. The molecule has 2 amide bonds. The zero-order valence-corrected chi connectivity index (χ0v) is 18.0. The highest BCUT2D eigenvalue weighted by Gasteiger charge is 2.17. The minimum Gasteiger partial charge on any atom is -0.490 e. The molecule has 0 aliphatic heterocycles. The van der Waals surface area contributed by atoms with Gasteiger partial charge < -0.3 is 19.7 Å². The number of hydrogen-bond acceptors (Lipinski definition) is 4. The molecule has 0 aliphatic carbocycles. The molecule has 0 radical (unpaired) electrons. The molecule has 2 aromatic carbocycles. The molecule has 2 rings (SSSR count). The summed E-state index contributed by atoms with van der Waals surface area (Å²) in [6, 6.07) is 9.88. The van der Waals surface area contributed by atoms with Crippen molar-refractivity contribution >= 4 is 29.1 Å². The van der Waals surface area contributed by atoms with Crippen LogP contribution in [0.2, 0.25) is 5.02 Å². The molecule has 0 bridgehead atoms. The van der Waals surface area contributed by atoms with Gasteiger partial charge >= 0.3 is 0 Å². The number of unbranched alkanes of at least 4 members (excludes halogenated alkanes) is 1. The maximum Gasteiger partial charge on any atom is 0.255 e. The van der Waals surface area contributed by atoms with E-state index in [1.165, 1.54) is 4.90 Å². The quantitative estimate of drug-likeness (QED) is 0.590. The van der Waals surface area contributed by atoms with Crippen LogP contribution in [0.4, 0.5) is 5.69 Å². The molecular weight excluding hydrogens is 392 g/mol. The highest BCUT2D eigenvalue weighted by Crippen LogP contribution is 2.37. The molecule has 0 aliphatic rings. The van der Waals surface area contributed by atoms with Crippen LogP contribution in [0.1, 0.15) is 47.4 Å². The van der Waals surface area contributed by atoms with Crippen molar-refractivity contribution in [2.24, 2.45) is 0 Å². The van der Waals surface area contributed by atoms with Crippen LogP contribution in [0.3, 0.4) is 0 Å². The second kappa shape index (κ2) is 10.7. The summed E-state index contributed by atoms with van der Waals surface area (Å²) in [5, 5.41) is 3.13. The summed E-state index contributed by atoms with van der Waals surface area (Å²) < 4.78 is 11.4. The van der Waals surface area contributed by atoms with Crippen LogP contribution in [-0.4, -0.2) is 44.0 Å². The van der Waals surface area contributed by atoms with E-state index >= 15 is 0 Å². The molecule has 2 aromatic rings. The lowest BCUT2D eigenvalue weighted by Gasteiger charge is -2.15. The molecule has 29 heavy (non-hydrogen) atoms. The standard InChI is InChI=1S/C22H27ClN2O4/c1-5-7-12-29-20-18(23)13-16(14-19(20)28-6-2)21(26)24-17-10-8-15(9-11-17)22(27)25(3)4/h8-11,13-14H,5-7,12H2,1-4H3,(H,24,26). The fourth-order valence-corrected chi connectivity index (χ4v) is 2.84. The highest BCUT2D eigenvalue weighted by atomic mass is 35.5. The van der Waals surface area contributed by atoms with Crippen molar-refractivity contribution in [2.75, 3.05) is 32.6 Å². The fourth-order valence-electron chi connectivity index (χ4n) is 2.58. The van der Waals surface area contributed by atoms with Crippen LogP contribution in [0.25, 0.3) is 0 Å². The summed E-state index contributed by atoms with van der Waals surface area (Å²) >= 11 is 6.35. The van der Waals surface area contributed by atoms with Crippen molar-refractivity contribution in [3.05, 3.63) is 52.5 Å². The van der Waals surface area contributed by atoms with E-state index in [1.807, 2.05) is 6.92 Å². The van der Waals surface area contributed by atoms with Crippen molar-refractivity contribution in [3.8, 4) is 11.5 Å². The summed E-state index contributed by atoms with van der Waals surface area (Å²) in [4.78, 5) is 26.1. The number of carbonyl (C=O) groups excluding carboxylic acids is 2. The van der Waals surface area contributed by atoms with Gasteiger partial charge in [0.15, 0.2) is 11.5 Å². The molecule has 0 unspecified atom stereocenters. The minimum atomic E-state index is -0.334. The van der Waals surface area contributed by atoms with E-state index in [0.29, 0.717) is 46.5 Å². The number of halogens is 1. The molecule has 0 fully saturated rings. The molecule has 1 N–H and O–H groups in total. The van der Waals surface area contributed by atoms with Gasteiger partial charge in [-0.15, -0.1) is 0 Å². The maximum absolute atomic E-state index is 12.7.